The van der Waals surface area contributed by atoms with Crippen LogP contribution in [-0.4, -0.2) is 40.6 Å². The van der Waals surface area contributed by atoms with Crippen molar-refractivity contribution in [1.82, 2.24) is 15.0 Å². The number of hydrogen-bond acceptors (Lipinski definition) is 7. The quantitative estimate of drug-likeness (QED) is 0.451. The highest BCUT2D eigenvalue weighted by Crippen LogP contribution is 2.29. The fraction of sp³-hybridized carbons (Fsp3) is 0.261. The Kier molecular flexibility index (Phi) is 5.07. The first-order valence-corrected chi connectivity index (χ1v) is 10.8. The molecule has 0 fully saturated rings. The summed E-state index contributed by atoms with van der Waals surface area (Å²) >= 11 is 1.65. The molecule has 5 rings (SSSR count). The first-order chi connectivity index (χ1) is 15.0. The summed E-state index contributed by atoms with van der Waals surface area (Å²) in [6.07, 6.45) is 0.722. The molecule has 0 saturated carbocycles. The van der Waals surface area contributed by atoms with Crippen molar-refractivity contribution in [3.63, 3.8) is 0 Å². The Morgan fingerprint density at radius 3 is 3.00 bits per heavy atom. The lowest BCUT2D eigenvalue weighted by molar-refractivity contribution is 0.0720. The van der Waals surface area contributed by atoms with Crippen LogP contribution in [0, 0.1) is 6.92 Å². The zero-order valence-corrected chi connectivity index (χ0v) is 18.0. The second-order valence-electron chi connectivity index (χ2n) is 7.57. The number of para-hydroxylation sites is 1. The van der Waals surface area contributed by atoms with Crippen LogP contribution in [0.2, 0.25) is 0 Å². The highest BCUT2D eigenvalue weighted by molar-refractivity contribution is 7.18. The van der Waals surface area contributed by atoms with Crippen LogP contribution in [0.3, 0.4) is 0 Å². The number of hydrogen-bond donors (Lipinski definition) is 0. The number of aryl methyl sites for hydroxylation is 1. The minimum absolute atomic E-state index is 0.0645. The van der Waals surface area contributed by atoms with Crippen molar-refractivity contribution in [3.05, 3.63) is 70.6 Å². The lowest BCUT2D eigenvalue weighted by Gasteiger charge is -2.19. The normalized spacial score (nSPS) is 15.0. The van der Waals surface area contributed by atoms with Crippen LogP contribution in [0.4, 0.5) is 0 Å². The lowest BCUT2D eigenvalue weighted by atomic mass is 10.1. The molecule has 0 saturated heterocycles. The molecule has 3 heterocycles. The van der Waals surface area contributed by atoms with E-state index in [1.54, 1.807) is 29.4 Å². The highest BCUT2D eigenvalue weighted by Gasteiger charge is 2.26. The van der Waals surface area contributed by atoms with E-state index in [4.69, 9.17) is 14.0 Å². The molecule has 1 aliphatic rings. The van der Waals surface area contributed by atoms with Crippen LogP contribution in [0.1, 0.15) is 26.8 Å². The Hall–Kier alpha value is -3.39. The van der Waals surface area contributed by atoms with E-state index in [2.05, 4.69) is 16.2 Å². The first-order valence-electron chi connectivity index (χ1n) is 10.0. The molecule has 4 aromatic rings. The number of thiazole rings is 1. The number of rotatable bonds is 6. The zero-order valence-electron chi connectivity index (χ0n) is 17.2. The van der Waals surface area contributed by atoms with Gasteiger partial charge in [-0.25, -0.2) is 4.98 Å². The third-order valence-electron chi connectivity index (χ3n) is 5.16. The van der Waals surface area contributed by atoms with Gasteiger partial charge in [0.25, 0.3) is 5.91 Å². The van der Waals surface area contributed by atoms with Gasteiger partial charge in [-0.2, -0.15) is 0 Å². The van der Waals surface area contributed by atoms with Gasteiger partial charge in [0.05, 0.1) is 21.8 Å². The first kappa shape index (κ1) is 19.6. The van der Waals surface area contributed by atoms with Crippen LogP contribution in [0.5, 0.6) is 11.5 Å². The van der Waals surface area contributed by atoms with Crippen LogP contribution in [0.15, 0.2) is 53.1 Å². The summed E-state index contributed by atoms with van der Waals surface area (Å²) in [5.41, 5.74) is 2.33. The standard InChI is InChI=1S/C23H21N3O4S/c1-14-24-19-10-16(7-8-22(19)31-14)28-13-18-11-20(25-30-18)23(27)26(2)12-17-9-15-5-3-4-6-21(15)29-17/h3-8,10-11,17H,9,12-13H2,1-2H3. The minimum Gasteiger partial charge on any atom is -0.488 e. The fourth-order valence-electron chi connectivity index (χ4n) is 3.69. The molecule has 0 bridgehead atoms. The molecule has 2 aromatic heterocycles. The van der Waals surface area contributed by atoms with Crippen LogP contribution in [0.25, 0.3) is 10.2 Å². The van der Waals surface area contributed by atoms with Crippen molar-refractivity contribution in [2.45, 2.75) is 26.1 Å². The summed E-state index contributed by atoms with van der Waals surface area (Å²) in [6, 6.07) is 15.4. The number of carbonyl (C=O) groups is 1. The van der Waals surface area contributed by atoms with Gasteiger partial charge in [-0.05, 0) is 30.7 Å². The third-order valence-corrected chi connectivity index (χ3v) is 6.11. The van der Waals surface area contributed by atoms with E-state index >= 15 is 0 Å². The summed E-state index contributed by atoms with van der Waals surface area (Å²) in [5, 5.41) is 4.93. The van der Waals surface area contributed by atoms with E-state index in [0.29, 0.717) is 18.1 Å². The molecule has 2 aromatic carbocycles. The summed E-state index contributed by atoms with van der Waals surface area (Å²) in [5.74, 6) is 1.85. The molecule has 8 heteroatoms. The summed E-state index contributed by atoms with van der Waals surface area (Å²) < 4.78 is 18.1. The van der Waals surface area contributed by atoms with Gasteiger partial charge in [-0.1, -0.05) is 23.4 Å². The predicted octanol–water partition coefficient (Wildman–Crippen LogP) is 4.25. The number of nitrogens with zero attached hydrogens (tertiary/aromatic N) is 3. The van der Waals surface area contributed by atoms with Crippen LogP contribution < -0.4 is 9.47 Å². The fourth-order valence-corrected chi connectivity index (χ4v) is 4.50. The summed E-state index contributed by atoms with van der Waals surface area (Å²) in [7, 11) is 1.74. The Balaban J connectivity index is 1.18. The van der Waals surface area contributed by atoms with E-state index in [0.717, 1.165) is 27.4 Å². The maximum absolute atomic E-state index is 12.7. The average Bonchev–Trinajstić information content (AvgIpc) is 3.48. The molecule has 7 nitrogen and oxygen atoms in total. The summed E-state index contributed by atoms with van der Waals surface area (Å²) in [4.78, 5) is 18.8. The molecule has 1 aliphatic heterocycles. The van der Waals surface area contributed by atoms with E-state index in [9.17, 15) is 4.79 Å². The van der Waals surface area contributed by atoms with E-state index < -0.39 is 0 Å². The smallest absolute Gasteiger partial charge is 0.275 e. The van der Waals surface area contributed by atoms with E-state index in [1.807, 2.05) is 43.3 Å². The lowest BCUT2D eigenvalue weighted by Crippen LogP contribution is -2.36. The molecule has 0 spiro atoms. The number of amides is 1. The zero-order chi connectivity index (χ0) is 21.4. The molecular formula is C23H21N3O4S. The number of aromatic nitrogens is 2. The van der Waals surface area contributed by atoms with Crippen LogP contribution >= 0.6 is 11.3 Å². The van der Waals surface area contributed by atoms with Gasteiger partial charge in [-0.3, -0.25) is 4.79 Å². The molecule has 1 atom stereocenters. The minimum atomic E-state index is -0.214. The Labute approximate surface area is 183 Å². The average molecular weight is 436 g/mol. The van der Waals surface area contributed by atoms with Crippen molar-refractivity contribution in [3.8, 4) is 11.5 Å². The van der Waals surface area contributed by atoms with Gasteiger partial charge in [0.15, 0.2) is 11.5 Å². The number of carbonyl (C=O) groups excluding carboxylic acids is 1. The monoisotopic (exact) mass is 435 g/mol. The summed E-state index contributed by atoms with van der Waals surface area (Å²) in [6.45, 7) is 2.63. The molecule has 158 valence electrons. The largest absolute Gasteiger partial charge is 0.488 e. The third kappa shape index (κ3) is 4.11. The number of fused-ring (bicyclic) bond motifs is 2. The number of likely N-dealkylation sites (N-methyl/N-ethyl adjacent to an activating group) is 1. The molecule has 31 heavy (non-hydrogen) atoms. The van der Waals surface area contributed by atoms with Crippen molar-refractivity contribution in [1.29, 1.82) is 0 Å². The van der Waals surface area contributed by atoms with Gasteiger partial charge >= 0.3 is 0 Å². The van der Waals surface area contributed by atoms with Gasteiger partial charge in [-0.15, -0.1) is 11.3 Å². The molecule has 1 amide bonds. The molecule has 1 unspecified atom stereocenters. The molecular weight excluding hydrogens is 414 g/mol. The van der Waals surface area contributed by atoms with Gasteiger partial charge in [0, 0.05) is 25.6 Å². The van der Waals surface area contributed by atoms with E-state index in [1.165, 1.54) is 5.56 Å². The Bertz CT molecular complexity index is 1220. The maximum Gasteiger partial charge on any atom is 0.275 e. The van der Waals surface area contributed by atoms with Crippen molar-refractivity contribution in [2.75, 3.05) is 13.6 Å². The van der Waals surface area contributed by atoms with Gasteiger partial charge in [0.1, 0.15) is 24.2 Å². The molecule has 0 aliphatic carbocycles. The highest BCUT2D eigenvalue weighted by atomic mass is 32.1. The topological polar surface area (TPSA) is 77.7 Å². The maximum atomic E-state index is 12.7. The van der Waals surface area contributed by atoms with Gasteiger partial charge < -0.3 is 18.9 Å². The van der Waals surface area contributed by atoms with Crippen molar-refractivity contribution in [2.24, 2.45) is 0 Å². The number of benzene rings is 2. The predicted molar refractivity (Wildman–Crippen MR) is 117 cm³/mol. The van der Waals surface area contributed by atoms with Crippen molar-refractivity contribution < 1.29 is 18.8 Å². The van der Waals surface area contributed by atoms with Crippen molar-refractivity contribution >= 4 is 27.5 Å². The second-order valence-corrected chi connectivity index (χ2v) is 8.80. The Morgan fingerprint density at radius 2 is 2.13 bits per heavy atom. The Morgan fingerprint density at radius 1 is 1.26 bits per heavy atom. The number of ether oxygens (including phenoxy) is 2. The molecule has 0 N–H and O–H groups in total. The molecule has 0 radical (unpaired) electrons. The SMILES string of the molecule is Cc1nc2cc(OCc3cc(C(=O)N(C)CC4Cc5ccccc5O4)no3)ccc2s1. The van der Waals surface area contributed by atoms with E-state index in [-0.39, 0.29) is 24.3 Å². The second kappa shape index (κ2) is 8.03. The van der Waals surface area contributed by atoms with Crippen LogP contribution in [-0.2, 0) is 13.0 Å². The van der Waals surface area contributed by atoms with Gasteiger partial charge in [0.2, 0.25) is 0 Å².